The summed E-state index contributed by atoms with van der Waals surface area (Å²) >= 11 is 0. The van der Waals surface area contributed by atoms with Crippen LogP contribution in [0.15, 0.2) is 30.3 Å². The molecule has 0 spiro atoms. The number of amides is 1. The summed E-state index contributed by atoms with van der Waals surface area (Å²) in [4.78, 5) is 18.2. The topological polar surface area (TPSA) is 38.1 Å². The Kier molecular flexibility index (Phi) is 4.86. The van der Waals surface area contributed by atoms with E-state index >= 15 is 0 Å². The Bertz CT molecular complexity index is 958. The Labute approximate surface area is 155 Å². The summed E-state index contributed by atoms with van der Waals surface area (Å²) in [5.41, 5.74) is 8.72. The van der Waals surface area contributed by atoms with Crippen molar-refractivity contribution in [2.45, 2.75) is 47.7 Å². The zero-order valence-corrected chi connectivity index (χ0v) is 16.6. The van der Waals surface area contributed by atoms with Gasteiger partial charge in [-0.2, -0.15) is 0 Å². The Morgan fingerprint density at radius 3 is 2.31 bits per heavy atom. The molecule has 0 radical (unpaired) electrons. The minimum atomic E-state index is 0.0439. The maximum Gasteiger partial charge on any atom is 0.219 e. The summed E-state index contributed by atoms with van der Waals surface area (Å²) in [6.07, 6.45) is 0. The van der Waals surface area contributed by atoms with Gasteiger partial charge in [0.2, 0.25) is 5.91 Å². The lowest BCUT2D eigenvalue weighted by atomic mass is 9.94. The number of rotatable bonds is 4. The van der Waals surface area contributed by atoms with Crippen LogP contribution in [0.25, 0.3) is 11.0 Å². The van der Waals surface area contributed by atoms with Crippen molar-refractivity contribution >= 4 is 16.9 Å². The van der Waals surface area contributed by atoms with Crippen molar-refractivity contribution in [1.29, 1.82) is 0 Å². The molecule has 0 saturated heterocycles. The van der Waals surface area contributed by atoms with Crippen molar-refractivity contribution in [3.63, 3.8) is 0 Å². The standard InChI is InChI=1S/C22H27N3O/c1-14-11-15(2)17(4)19(16(14)3)12-25-21-10-8-7-9-20(21)23-22(25)13-24(6)18(5)26/h7-11H,12-13H2,1-6H3. The molecule has 0 aliphatic rings. The van der Waals surface area contributed by atoms with Crippen LogP contribution in [0.5, 0.6) is 0 Å². The van der Waals surface area contributed by atoms with E-state index in [0.717, 1.165) is 23.4 Å². The molecule has 2 aromatic carbocycles. The van der Waals surface area contributed by atoms with Gasteiger partial charge in [-0.25, -0.2) is 4.98 Å². The quantitative estimate of drug-likeness (QED) is 0.704. The van der Waals surface area contributed by atoms with E-state index in [0.29, 0.717) is 6.54 Å². The third-order valence-electron chi connectivity index (χ3n) is 5.49. The molecule has 0 saturated carbocycles. The molecule has 3 rings (SSSR count). The first-order valence-electron chi connectivity index (χ1n) is 9.01. The highest BCUT2D eigenvalue weighted by Crippen LogP contribution is 2.25. The predicted molar refractivity (Wildman–Crippen MR) is 106 cm³/mol. The van der Waals surface area contributed by atoms with Gasteiger partial charge in [0, 0.05) is 20.5 Å². The van der Waals surface area contributed by atoms with Gasteiger partial charge in [-0.3, -0.25) is 4.79 Å². The number of imidazole rings is 1. The van der Waals surface area contributed by atoms with Gasteiger partial charge in [-0.05, 0) is 67.6 Å². The molecule has 0 aliphatic carbocycles. The van der Waals surface area contributed by atoms with Crippen molar-refractivity contribution in [3.8, 4) is 0 Å². The van der Waals surface area contributed by atoms with Crippen LogP contribution in [-0.2, 0) is 17.9 Å². The summed E-state index contributed by atoms with van der Waals surface area (Å²) in [6, 6.07) is 10.4. The second-order valence-electron chi connectivity index (χ2n) is 7.22. The van der Waals surface area contributed by atoms with E-state index in [1.807, 2.05) is 25.2 Å². The minimum Gasteiger partial charge on any atom is -0.339 e. The number of benzene rings is 2. The van der Waals surface area contributed by atoms with Crippen LogP contribution >= 0.6 is 0 Å². The van der Waals surface area contributed by atoms with E-state index in [1.165, 1.54) is 27.8 Å². The van der Waals surface area contributed by atoms with E-state index in [1.54, 1.807) is 11.8 Å². The van der Waals surface area contributed by atoms with Crippen LogP contribution in [0.4, 0.5) is 0 Å². The summed E-state index contributed by atoms with van der Waals surface area (Å²) in [6.45, 7) is 11.6. The van der Waals surface area contributed by atoms with Crippen molar-refractivity contribution in [1.82, 2.24) is 14.5 Å². The zero-order valence-electron chi connectivity index (χ0n) is 16.6. The van der Waals surface area contributed by atoms with Gasteiger partial charge in [0.15, 0.2) is 0 Å². The van der Waals surface area contributed by atoms with Gasteiger partial charge in [-0.15, -0.1) is 0 Å². The maximum absolute atomic E-state index is 11.7. The van der Waals surface area contributed by atoms with Crippen molar-refractivity contribution < 1.29 is 4.79 Å². The van der Waals surface area contributed by atoms with E-state index < -0.39 is 0 Å². The first-order chi connectivity index (χ1) is 12.3. The number of aromatic nitrogens is 2. The van der Waals surface area contributed by atoms with Crippen molar-refractivity contribution in [2.75, 3.05) is 7.05 Å². The van der Waals surface area contributed by atoms with Gasteiger partial charge in [-0.1, -0.05) is 18.2 Å². The van der Waals surface area contributed by atoms with Gasteiger partial charge >= 0.3 is 0 Å². The molecule has 4 heteroatoms. The fourth-order valence-corrected chi connectivity index (χ4v) is 3.44. The molecule has 0 unspecified atom stereocenters. The van der Waals surface area contributed by atoms with Crippen molar-refractivity contribution in [2.24, 2.45) is 0 Å². The number of hydrogen-bond acceptors (Lipinski definition) is 2. The number of aryl methyl sites for hydroxylation is 2. The van der Waals surface area contributed by atoms with E-state index in [9.17, 15) is 4.79 Å². The number of carbonyl (C=O) groups excluding carboxylic acids is 1. The van der Waals surface area contributed by atoms with Crippen LogP contribution < -0.4 is 0 Å². The Morgan fingerprint density at radius 2 is 1.69 bits per heavy atom. The summed E-state index contributed by atoms with van der Waals surface area (Å²) in [5, 5.41) is 0. The second kappa shape index (κ2) is 6.94. The molecule has 0 N–H and O–H groups in total. The average Bonchev–Trinajstić information content (AvgIpc) is 2.94. The molecule has 1 heterocycles. The SMILES string of the molecule is CC(=O)N(C)Cc1nc2ccccc2n1Cc1c(C)c(C)cc(C)c1C. The Morgan fingerprint density at radius 1 is 1.08 bits per heavy atom. The third-order valence-corrected chi connectivity index (χ3v) is 5.49. The smallest absolute Gasteiger partial charge is 0.219 e. The van der Waals surface area contributed by atoms with E-state index in [2.05, 4.69) is 44.4 Å². The normalized spacial score (nSPS) is 11.2. The van der Waals surface area contributed by atoms with E-state index in [4.69, 9.17) is 4.98 Å². The fraction of sp³-hybridized carbons (Fsp3) is 0.364. The number of hydrogen-bond donors (Lipinski definition) is 0. The Hall–Kier alpha value is -2.62. The molecule has 26 heavy (non-hydrogen) atoms. The number of nitrogens with zero attached hydrogens (tertiary/aromatic N) is 3. The molecular weight excluding hydrogens is 322 g/mol. The molecule has 136 valence electrons. The lowest BCUT2D eigenvalue weighted by Gasteiger charge is -2.19. The van der Waals surface area contributed by atoms with Gasteiger partial charge in [0.25, 0.3) is 0 Å². The number of fused-ring (bicyclic) bond motifs is 1. The van der Waals surface area contributed by atoms with Crippen LogP contribution in [0, 0.1) is 27.7 Å². The minimum absolute atomic E-state index is 0.0439. The summed E-state index contributed by atoms with van der Waals surface area (Å²) < 4.78 is 2.25. The van der Waals surface area contributed by atoms with Crippen molar-refractivity contribution in [3.05, 3.63) is 64.0 Å². The molecule has 1 aromatic heterocycles. The molecule has 0 bridgehead atoms. The van der Waals surface area contributed by atoms with Crippen LogP contribution in [0.2, 0.25) is 0 Å². The van der Waals surface area contributed by atoms with Gasteiger partial charge in [0.05, 0.1) is 17.6 Å². The van der Waals surface area contributed by atoms with Crippen LogP contribution in [0.1, 0.15) is 40.6 Å². The highest BCUT2D eigenvalue weighted by Gasteiger charge is 2.16. The molecule has 1 amide bonds. The number of para-hydroxylation sites is 2. The monoisotopic (exact) mass is 349 g/mol. The Balaban J connectivity index is 2.14. The third kappa shape index (κ3) is 3.24. The summed E-state index contributed by atoms with van der Waals surface area (Å²) in [5.74, 6) is 0.962. The molecule has 0 fully saturated rings. The highest BCUT2D eigenvalue weighted by atomic mass is 16.2. The first-order valence-corrected chi connectivity index (χ1v) is 9.01. The predicted octanol–water partition coefficient (Wildman–Crippen LogP) is 4.30. The first kappa shape index (κ1) is 18.2. The molecule has 4 nitrogen and oxygen atoms in total. The summed E-state index contributed by atoms with van der Waals surface area (Å²) in [7, 11) is 1.82. The number of carbonyl (C=O) groups is 1. The second-order valence-corrected chi connectivity index (χ2v) is 7.22. The average molecular weight is 349 g/mol. The van der Waals surface area contributed by atoms with Crippen LogP contribution in [0.3, 0.4) is 0 Å². The largest absolute Gasteiger partial charge is 0.339 e. The lowest BCUT2D eigenvalue weighted by molar-refractivity contribution is -0.128. The lowest BCUT2D eigenvalue weighted by Crippen LogP contribution is -2.25. The van der Waals surface area contributed by atoms with E-state index in [-0.39, 0.29) is 5.91 Å². The highest BCUT2D eigenvalue weighted by molar-refractivity contribution is 5.76. The van der Waals surface area contributed by atoms with Gasteiger partial charge < -0.3 is 9.47 Å². The zero-order chi connectivity index (χ0) is 19.0. The fourth-order valence-electron chi connectivity index (χ4n) is 3.44. The molecule has 3 aromatic rings. The molecule has 0 atom stereocenters. The maximum atomic E-state index is 11.7. The van der Waals surface area contributed by atoms with Gasteiger partial charge in [0.1, 0.15) is 5.82 Å². The molecule has 0 aliphatic heterocycles. The molecular formula is C22H27N3O. The van der Waals surface area contributed by atoms with Crippen LogP contribution in [-0.4, -0.2) is 27.4 Å².